The summed E-state index contributed by atoms with van der Waals surface area (Å²) in [6.45, 7) is 1.91. The van der Waals surface area contributed by atoms with Crippen molar-refractivity contribution in [2.24, 2.45) is 0 Å². The summed E-state index contributed by atoms with van der Waals surface area (Å²) in [5.41, 5.74) is 2.17. The largest absolute Gasteiger partial charge is 0.382 e. The lowest BCUT2D eigenvalue weighted by molar-refractivity contribution is 0.215. The third-order valence-electron chi connectivity index (χ3n) is 2.23. The van der Waals surface area contributed by atoms with Crippen molar-refractivity contribution in [1.29, 1.82) is 0 Å². The average Bonchev–Trinajstić information content (AvgIpc) is 2.74. The summed E-state index contributed by atoms with van der Waals surface area (Å²) in [6, 6.07) is 5.41. The number of aliphatic hydroxyl groups excluding tert-OH is 1. The van der Waals surface area contributed by atoms with Gasteiger partial charge in [0.2, 0.25) is 0 Å². The molecule has 0 spiro atoms. The summed E-state index contributed by atoms with van der Waals surface area (Å²) in [6.07, 6.45) is 0.695. The SMILES string of the molecule is Cc1ccc(C(O)c2cn[nH]n2)cc1Cl. The second kappa shape index (κ2) is 4.00. The first-order chi connectivity index (χ1) is 7.18. The smallest absolute Gasteiger partial charge is 0.124 e. The maximum Gasteiger partial charge on any atom is 0.124 e. The van der Waals surface area contributed by atoms with E-state index in [1.54, 1.807) is 6.07 Å². The number of aryl methyl sites for hydroxylation is 1. The standard InChI is InChI=1S/C10H10ClN3O/c1-6-2-3-7(4-8(6)11)10(15)9-5-12-14-13-9/h2-5,10,15H,1H3,(H,12,13,14). The van der Waals surface area contributed by atoms with Crippen LogP contribution in [0.15, 0.2) is 24.4 Å². The molecule has 2 N–H and O–H groups in total. The highest BCUT2D eigenvalue weighted by Crippen LogP contribution is 2.24. The Bertz CT molecular complexity index is 456. The van der Waals surface area contributed by atoms with Gasteiger partial charge in [0.25, 0.3) is 0 Å². The van der Waals surface area contributed by atoms with Crippen molar-refractivity contribution in [2.45, 2.75) is 13.0 Å². The first-order valence-corrected chi connectivity index (χ1v) is 4.86. The molecule has 2 rings (SSSR count). The lowest BCUT2D eigenvalue weighted by Crippen LogP contribution is -2.00. The van der Waals surface area contributed by atoms with Crippen LogP contribution in [0.25, 0.3) is 0 Å². The highest BCUT2D eigenvalue weighted by Gasteiger charge is 2.13. The Morgan fingerprint density at radius 1 is 1.47 bits per heavy atom. The normalized spacial score (nSPS) is 12.7. The van der Waals surface area contributed by atoms with Crippen LogP contribution < -0.4 is 0 Å². The van der Waals surface area contributed by atoms with Crippen molar-refractivity contribution < 1.29 is 5.11 Å². The molecule has 0 bridgehead atoms. The third-order valence-corrected chi connectivity index (χ3v) is 2.63. The van der Waals surface area contributed by atoms with Gasteiger partial charge < -0.3 is 5.11 Å². The summed E-state index contributed by atoms with van der Waals surface area (Å²) in [5, 5.41) is 20.5. The van der Waals surface area contributed by atoms with Gasteiger partial charge in [0.15, 0.2) is 0 Å². The van der Waals surface area contributed by atoms with E-state index in [4.69, 9.17) is 11.6 Å². The number of nitrogens with one attached hydrogen (secondary N) is 1. The molecular weight excluding hydrogens is 214 g/mol. The Balaban J connectivity index is 2.34. The fourth-order valence-electron chi connectivity index (χ4n) is 1.29. The Hall–Kier alpha value is -1.39. The van der Waals surface area contributed by atoms with Crippen LogP contribution in [0.3, 0.4) is 0 Å². The molecule has 0 aliphatic carbocycles. The number of hydrogen-bond acceptors (Lipinski definition) is 3. The van der Waals surface area contributed by atoms with E-state index in [0.29, 0.717) is 16.3 Å². The summed E-state index contributed by atoms with van der Waals surface area (Å²) >= 11 is 5.96. The summed E-state index contributed by atoms with van der Waals surface area (Å²) < 4.78 is 0. The number of halogens is 1. The van der Waals surface area contributed by atoms with Gasteiger partial charge in [0.05, 0.1) is 6.20 Å². The van der Waals surface area contributed by atoms with Crippen molar-refractivity contribution in [1.82, 2.24) is 15.4 Å². The summed E-state index contributed by atoms with van der Waals surface area (Å²) in [5.74, 6) is 0. The molecule has 0 saturated heterocycles. The molecule has 1 atom stereocenters. The van der Waals surface area contributed by atoms with Crippen molar-refractivity contribution >= 4 is 11.6 Å². The molecule has 0 aliphatic rings. The Morgan fingerprint density at radius 2 is 2.27 bits per heavy atom. The number of benzene rings is 1. The molecule has 1 heterocycles. The minimum Gasteiger partial charge on any atom is -0.382 e. The van der Waals surface area contributed by atoms with Crippen LogP contribution in [0.4, 0.5) is 0 Å². The van der Waals surface area contributed by atoms with Gasteiger partial charge in [-0.2, -0.15) is 15.4 Å². The summed E-state index contributed by atoms with van der Waals surface area (Å²) in [7, 11) is 0. The van der Waals surface area contributed by atoms with E-state index in [-0.39, 0.29) is 0 Å². The molecule has 0 saturated carbocycles. The van der Waals surface area contributed by atoms with Crippen molar-refractivity contribution in [3.05, 3.63) is 46.2 Å². The van der Waals surface area contributed by atoms with Gasteiger partial charge in [-0.05, 0) is 24.1 Å². The molecule has 1 aromatic carbocycles. The topological polar surface area (TPSA) is 61.8 Å². The maximum absolute atomic E-state index is 9.91. The van der Waals surface area contributed by atoms with Crippen molar-refractivity contribution in [3.63, 3.8) is 0 Å². The second-order valence-corrected chi connectivity index (χ2v) is 3.71. The number of H-pyrrole nitrogens is 1. The van der Waals surface area contributed by atoms with Crippen LogP contribution in [0, 0.1) is 6.92 Å². The molecule has 1 aromatic heterocycles. The molecule has 0 amide bonds. The quantitative estimate of drug-likeness (QED) is 0.817. The highest BCUT2D eigenvalue weighted by molar-refractivity contribution is 6.31. The molecule has 0 fully saturated rings. The number of nitrogens with zero attached hydrogens (tertiary/aromatic N) is 2. The minimum atomic E-state index is -0.790. The van der Waals surface area contributed by atoms with Crippen LogP contribution in [-0.4, -0.2) is 20.5 Å². The van der Waals surface area contributed by atoms with E-state index in [1.807, 2.05) is 19.1 Å². The van der Waals surface area contributed by atoms with Crippen molar-refractivity contribution in [3.8, 4) is 0 Å². The molecule has 0 aliphatic heterocycles. The van der Waals surface area contributed by atoms with Crippen LogP contribution in [0.5, 0.6) is 0 Å². The van der Waals surface area contributed by atoms with Gasteiger partial charge in [0.1, 0.15) is 11.8 Å². The molecule has 1 unspecified atom stereocenters. The van der Waals surface area contributed by atoms with E-state index in [9.17, 15) is 5.11 Å². The number of aromatic nitrogens is 3. The Labute approximate surface area is 91.9 Å². The molecular formula is C10H10ClN3O. The van der Waals surface area contributed by atoms with Gasteiger partial charge in [-0.3, -0.25) is 0 Å². The first-order valence-electron chi connectivity index (χ1n) is 4.48. The van der Waals surface area contributed by atoms with E-state index >= 15 is 0 Å². The van der Waals surface area contributed by atoms with E-state index in [1.165, 1.54) is 6.20 Å². The van der Waals surface area contributed by atoms with Gasteiger partial charge in [0, 0.05) is 5.02 Å². The van der Waals surface area contributed by atoms with Gasteiger partial charge in [-0.25, -0.2) is 0 Å². The third kappa shape index (κ3) is 2.00. The fraction of sp³-hybridized carbons (Fsp3) is 0.200. The number of aromatic amines is 1. The Morgan fingerprint density at radius 3 is 2.87 bits per heavy atom. The molecule has 5 heteroatoms. The molecule has 4 nitrogen and oxygen atoms in total. The zero-order valence-electron chi connectivity index (χ0n) is 8.11. The number of hydrogen-bond donors (Lipinski definition) is 2. The van der Waals surface area contributed by atoms with Crippen molar-refractivity contribution in [2.75, 3.05) is 0 Å². The summed E-state index contributed by atoms with van der Waals surface area (Å²) in [4.78, 5) is 0. The van der Waals surface area contributed by atoms with Gasteiger partial charge in [-0.1, -0.05) is 23.7 Å². The predicted molar refractivity (Wildman–Crippen MR) is 56.6 cm³/mol. The van der Waals surface area contributed by atoms with E-state index < -0.39 is 6.10 Å². The Kier molecular flexibility index (Phi) is 2.70. The number of rotatable bonds is 2. The van der Waals surface area contributed by atoms with Gasteiger partial charge in [-0.15, -0.1) is 0 Å². The maximum atomic E-state index is 9.91. The van der Waals surface area contributed by atoms with E-state index in [2.05, 4.69) is 15.4 Å². The van der Waals surface area contributed by atoms with Crippen LogP contribution >= 0.6 is 11.6 Å². The fourth-order valence-corrected chi connectivity index (χ4v) is 1.48. The minimum absolute atomic E-state index is 0.481. The average molecular weight is 224 g/mol. The van der Waals surface area contributed by atoms with Crippen LogP contribution in [-0.2, 0) is 0 Å². The van der Waals surface area contributed by atoms with Crippen LogP contribution in [0.1, 0.15) is 22.9 Å². The highest BCUT2D eigenvalue weighted by atomic mass is 35.5. The zero-order valence-corrected chi connectivity index (χ0v) is 8.86. The first kappa shape index (κ1) is 10.1. The van der Waals surface area contributed by atoms with Gasteiger partial charge >= 0.3 is 0 Å². The second-order valence-electron chi connectivity index (χ2n) is 3.31. The molecule has 0 radical (unpaired) electrons. The predicted octanol–water partition coefficient (Wildman–Crippen LogP) is 1.85. The molecule has 78 valence electrons. The van der Waals surface area contributed by atoms with Crippen LogP contribution in [0.2, 0.25) is 5.02 Å². The molecule has 2 aromatic rings. The lowest BCUT2D eigenvalue weighted by Gasteiger charge is -2.08. The van der Waals surface area contributed by atoms with E-state index in [0.717, 1.165) is 5.56 Å². The monoisotopic (exact) mass is 223 g/mol. The number of aliphatic hydroxyl groups is 1. The lowest BCUT2D eigenvalue weighted by atomic mass is 10.1. The molecule has 15 heavy (non-hydrogen) atoms. The zero-order chi connectivity index (χ0) is 10.8.